The molecule has 1 saturated heterocycles. The zero-order valence-electron chi connectivity index (χ0n) is 10.9. The molecular formula is C13H17N3O4. The third-order valence-corrected chi connectivity index (χ3v) is 3.32. The Kier molecular flexibility index (Phi) is 4.09. The molecule has 0 aliphatic carbocycles. The molecule has 0 spiro atoms. The number of benzene rings is 1. The van der Waals surface area contributed by atoms with E-state index in [1.54, 1.807) is 24.3 Å². The smallest absolute Gasteiger partial charge is 0.329 e. The van der Waals surface area contributed by atoms with Crippen LogP contribution in [0.4, 0.5) is 16.2 Å². The van der Waals surface area contributed by atoms with Crippen molar-refractivity contribution in [3.8, 4) is 0 Å². The van der Waals surface area contributed by atoms with Gasteiger partial charge in [0.1, 0.15) is 5.54 Å². The molecule has 1 heterocycles. The summed E-state index contributed by atoms with van der Waals surface area (Å²) in [4.78, 5) is 23.4. The number of carboxylic acid groups (broad SMARTS) is 1. The molecule has 0 unspecified atom stereocenters. The Morgan fingerprint density at radius 1 is 1.25 bits per heavy atom. The molecule has 1 aromatic rings. The van der Waals surface area contributed by atoms with Crippen molar-refractivity contribution in [2.45, 2.75) is 18.4 Å². The molecule has 1 fully saturated rings. The first-order valence-corrected chi connectivity index (χ1v) is 6.28. The third kappa shape index (κ3) is 3.00. The first-order valence-electron chi connectivity index (χ1n) is 6.28. The number of nitrogen functional groups attached to an aromatic ring is 1. The largest absolute Gasteiger partial charge is 0.480 e. The van der Waals surface area contributed by atoms with E-state index in [1.165, 1.54) is 0 Å². The van der Waals surface area contributed by atoms with Crippen molar-refractivity contribution in [2.75, 3.05) is 24.3 Å². The SMILES string of the molecule is Nc1ccccc1NC(=O)NC1(C(=O)O)CCOCC1. The number of rotatable bonds is 3. The van der Waals surface area contributed by atoms with Crippen molar-refractivity contribution in [3.63, 3.8) is 0 Å². The van der Waals surface area contributed by atoms with Crippen molar-refractivity contribution < 1.29 is 19.4 Å². The number of hydrogen-bond acceptors (Lipinski definition) is 4. The van der Waals surface area contributed by atoms with E-state index in [9.17, 15) is 14.7 Å². The van der Waals surface area contributed by atoms with Crippen LogP contribution in [0.5, 0.6) is 0 Å². The summed E-state index contributed by atoms with van der Waals surface area (Å²) in [6, 6.07) is 6.18. The van der Waals surface area contributed by atoms with Gasteiger partial charge in [0.2, 0.25) is 0 Å². The van der Waals surface area contributed by atoms with Gasteiger partial charge in [-0.25, -0.2) is 9.59 Å². The fraction of sp³-hybridized carbons (Fsp3) is 0.385. The van der Waals surface area contributed by atoms with Crippen LogP contribution in [-0.4, -0.2) is 35.9 Å². The fourth-order valence-electron chi connectivity index (χ4n) is 2.09. The predicted molar refractivity (Wildman–Crippen MR) is 73.4 cm³/mol. The number of nitrogens with one attached hydrogen (secondary N) is 2. The monoisotopic (exact) mass is 279 g/mol. The summed E-state index contributed by atoms with van der Waals surface area (Å²) >= 11 is 0. The Labute approximate surface area is 116 Å². The molecule has 0 radical (unpaired) electrons. The average Bonchev–Trinajstić information content (AvgIpc) is 2.42. The van der Waals surface area contributed by atoms with Crippen LogP contribution < -0.4 is 16.4 Å². The van der Waals surface area contributed by atoms with Gasteiger partial charge in [0, 0.05) is 26.1 Å². The van der Waals surface area contributed by atoms with E-state index in [0.29, 0.717) is 24.6 Å². The molecule has 5 N–H and O–H groups in total. The van der Waals surface area contributed by atoms with Gasteiger partial charge in [-0.1, -0.05) is 12.1 Å². The number of nitrogens with two attached hydrogens (primary N) is 1. The van der Waals surface area contributed by atoms with Crippen LogP contribution in [0.25, 0.3) is 0 Å². The van der Waals surface area contributed by atoms with Crippen molar-refractivity contribution >= 4 is 23.4 Å². The Morgan fingerprint density at radius 3 is 2.50 bits per heavy atom. The summed E-state index contributed by atoms with van der Waals surface area (Å²) in [7, 11) is 0. The van der Waals surface area contributed by atoms with Gasteiger partial charge in [0.15, 0.2) is 0 Å². The van der Waals surface area contributed by atoms with E-state index < -0.39 is 17.5 Å². The molecule has 0 bridgehead atoms. The number of carbonyl (C=O) groups is 2. The number of urea groups is 1. The normalized spacial score (nSPS) is 17.2. The van der Waals surface area contributed by atoms with Crippen LogP contribution >= 0.6 is 0 Å². The summed E-state index contributed by atoms with van der Waals surface area (Å²) in [5.74, 6) is -1.06. The van der Waals surface area contributed by atoms with E-state index >= 15 is 0 Å². The lowest BCUT2D eigenvalue weighted by Gasteiger charge is -2.33. The van der Waals surface area contributed by atoms with E-state index in [0.717, 1.165) is 0 Å². The minimum atomic E-state index is -1.29. The van der Waals surface area contributed by atoms with Crippen LogP contribution in [0.3, 0.4) is 0 Å². The standard InChI is InChI=1S/C13H17N3O4/c14-9-3-1-2-4-10(9)15-12(19)16-13(11(17)18)5-7-20-8-6-13/h1-4H,5-8,14H2,(H,17,18)(H2,15,16,19). The number of hydrogen-bond donors (Lipinski definition) is 4. The van der Waals surface area contributed by atoms with Crippen LogP contribution in [0.1, 0.15) is 12.8 Å². The maximum Gasteiger partial charge on any atom is 0.329 e. The Hall–Kier alpha value is -2.28. The number of carboxylic acids is 1. The maximum absolute atomic E-state index is 12.0. The molecule has 7 nitrogen and oxygen atoms in total. The van der Waals surface area contributed by atoms with Gasteiger partial charge in [-0.05, 0) is 12.1 Å². The van der Waals surface area contributed by atoms with E-state index in [1.807, 2.05) is 0 Å². The van der Waals surface area contributed by atoms with Crippen molar-refractivity contribution in [1.82, 2.24) is 5.32 Å². The molecule has 1 aromatic carbocycles. The highest BCUT2D eigenvalue weighted by Crippen LogP contribution is 2.22. The molecular weight excluding hydrogens is 262 g/mol. The molecule has 7 heteroatoms. The van der Waals surface area contributed by atoms with Crippen LogP contribution in [0.15, 0.2) is 24.3 Å². The van der Waals surface area contributed by atoms with Gasteiger partial charge in [0.05, 0.1) is 11.4 Å². The van der Waals surface area contributed by atoms with Gasteiger partial charge in [-0.2, -0.15) is 0 Å². The fourth-order valence-corrected chi connectivity index (χ4v) is 2.09. The summed E-state index contributed by atoms with van der Waals surface area (Å²) in [5, 5.41) is 14.4. The highest BCUT2D eigenvalue weighted by Gasteiger charge is 2.41. The summed E-state index contributed by atoms with van der Waals surface area (Å²) < 4.78 is 5.14. The predicted octanol–water partition coefficient (Wildman–Crippen LogP) is 1.02. The highest BCUT2D eigenvalue weighted by molar-refractivity contribution is 5.96. The third-order valence-electron chi connectivity index (χ3n) is 3.32. The summed E-state index contributed by atoms with van der Waals surface area (Å²) in [5.41, 5.74) is 5.29. The molecule has 1 aliphatic rings. The number of ether oxygens (including phenoxy) is 1. The first kappa shape index (κ1) is 14.1. The van der Waals surface area contributed by atoms with Crippen LogP contribution in [0.2, 0.25) is 0 Å². The van der Waals surface area contributed by atoms with E-state index in [4.69, 9.17) is 10.5 Å². The molecule has 0 aromatic heterocycles. The quantitative estimate of drug-likeness (QED) is 0.617. The second kappa shape index (κ2) is 5.79. The Balaban J connectivity index is 2.06. The lowest BCUT2D eigenvalue weighted by atomic mass is 9.90. The average molecular weight is 279 g/mol. The van der Waals surface area contributed by atoms with E-state index in [2.05, 4.69) is 10.6 Å². The van der Waals surface area contributed by atoms with Crippen molar-refractivity contribution in [2.24, 2.45) is 0 Å². The van der Waals surface area contributed by atoms with Gasteiger partial charge in [0.25, 0.3) is 0 Å². The van der Waals surface area contributed by atoms with Gasteiger partial charge in [-0.3, -0.25) is 0 Å². The second-order valence-electron chi connectivity index (χ2n) is 4.67. The molecule has 2 amide bonds. The van der Waals surface area contributed by atoms with Gasteiger partial charge < -0.3 is 26.2 Å². The lowest BCUT2D eigenvalue weighted by molar-refractivity contribution is -0.148. The van der Waals surface area contributed by atoms with Crippen molar-refractivity contribution in [3.05, 3.63) is 24.3 Å². The Bertz CT molecular complexity index is 512. The molecule has 0 atom stereocenters. The second-order valence-corrected chi connectivity index (χ2v) is 4.67. The van der Waals surface area contributed by atoms with E-state index in [-0.39, 0.29) is 12.8 Å². The molecule has 108 valence electrons. The lowest BCUT2D eigenvalue weighted by Crippen LogP contribution is -2.58. The minimum absolute atomic E-state index is 0.236. The zero-order chi connectivity index (χ0) is 14.6. The van der Waals surface area contributed by atoms with Gasteiger partial charge in [-0.15, -0.1) is 0 Å². The maximum atomic E-state index is 12.0. The zero-order valence-corrected chi connectivity index (χ0v) is 10.9. The molecule has 1 aliphatic heterocycles. The molecule has 20 heavy (non-hydrogen) atoms. The summed E-state index contributed by atoms with van der Waals surface area (Å²) in [6.45, 7) is 0.611. The van der Waals surface area contributed by atoms with Gasteiger partial charge >= 0.3 is 12.0 Å². The topological polar surface area (TPSA) is 114 Å². The number of aliphatic carboxylic acids is 1. The molecule has 0 saturated carbocycles. The number of anilines is 2. The molecule has 2 rings (SSSR count). The Morgan fingerprint density at radius 2 is 1.90 bits per heavy atom. The number of carbonyl (C=O) groups excluding carboxylic acids is 1. The highest BCUT2D eigenvalue weighted by atomic mass is 16.5. The van der Waals surface area contributed by atoms with Crippen LogP contribution in [-0.2, 0) is 9.53 Å². The minimum Gasteiger partial charge on any atom is -0.480 e. The number of amides is 2. The van der Waals surface area contributed by atoms with Crippen LogP contribution in [0, 0.1) is 0 Å². The number of para-hydroxylation sites is 2. The van der Waals surface area contributed by atoms with Crippen molar-refractivity contribution in [1.29, 1.82) is 0 Å². The first-order chi connectivity index (χ1) is 9.53. The summed E-state index contributed by atoms with van der Waals surface area (Å²) in [6.07, 6.45) is 0.472.